The van der Waals surface area contributed by atoms with Gasteiger partial charge < -0.3 is 40.0 Å². The summed E-state index contributed by atoms with van der Waals surface area (Å²) >= 11 is 0. The highest BCUT2D eigenvalue weighted by molar-refractivity contribution is 7.89. The van der Waals surface area contributed by atoms with Crippen LogP contribution in [-0.2, 0) is 37.7 Å². The van der Waals surface area contributed by atoms with Crippen molar-refractivity contribution in [1.29, 1.82) is 0 Å². The number of aliphatic hydroxyl groups excluding tert-OH is 1. The lowest BCUT2D eigenvalue weighted by Gasteiger charge is -2.38. The molecule has 2 saturated heterocycles. The SMILES string of the molecule is CCCc1nc(C)c2c(=O)[nH]c(-c3cc(S(=O)(=O)N4CC(NCCCO)C4)ccc3OCC)nn12.CCCc1nc(C)c2c(=O)[nH]c(-c3cc(S(=O)(=O)N4CC(NCCCO[N+](=O)[O-])C4)ccc3OCC)nn12. The van der Waals surface area contributed by atoms with Crippen LogP contribution < -0.4 is 31.2 Å². The number of rotatable bonds is 24. The number of fused-ring (bicyclic) bond motifs is 2. The molecule has 2 aromatic carbocycles. The first-order valence-electron chi connectivity index (χ1n) is 24.3. The van der Waals surface area contributed by atoms with Gasteiger partial charge in [0.05, 0.1) is 52.1 Å². The molecule has 0 saturated carbocycles. The van der Waals surface area contributed by atoms with Gasteiger partial charge in [0, 0.05) is 57.7 Å². The molecule has 6 aromatic rings. The Kier molecular flexibility index (Phi) is 17.6. The Bertz CT molecular complexity index is 3270. The predicted molar refractivity (Wildman–Crippen MR) is 268 cm³/mol. The van der Waals surface area contributed by atoms with Crippen molar-refractivity contribution >= 4 is 31.1 Å². The van der Waals surface area contributed by atoms with E-state index in [1.54, 1.807) is 30.5 Å². The summed E-state index contributed by atoms with van der Waals surface area (Å²) in [5, 5.41) is 33.9. The van der Waals surface area contributed by atoms with Gasteiger partial charge in [-0.15, -0.1) is 20.3 Å². The van der Waals surface area contributed by atoms with E-state index in [4.69, 9.17) is 14.6 Å². The van der Waals surface area contributed by atoms with Crippen LogP contribution in [-0.4, -0.2) is 153 Å². The van der Waals surface area contributed by atoms with Gasteiger partial charge in [0.1, 0.15) is 23.1 Å². The van der Waals surface area contributed by atoms with Crippen molar-refractivity contribution in [2.24, 2.45) is 0 Å². The number of imidazole rings is 2. The number of aliphatic hydroxyl groups is 1. The summed E-state index contributed by atoms with van der Waals surface area (Å²) in [4.78, 5) is 55.0. The summed E-state index contributed by atoms with van der Waals surface area (Å²) < 4.78 is 70.5. The van der Waals surface area contributed by atoms with E-state index in [-0.39, 0.29) is 70.9 Å². The first kappa shape index (κ1) is 54.4. The van der Waals surface area contributed by atoms with Crippen molar-refractivity contribution in [3.05, 3.63) is 90.3 Å². The molecule has 25 nitrogen and oxygen atoms in total. The molecule has 0 spiro atoms. The number of nitrogens with one attached hydrogen (secondary N) is 4. The minimum absolute atomic E-state index is 0.0236. The molecular weight excluding hydrogens is 991 g/mol. The highest BCUT2D eigenvalue weighted by atomic mass is 32.2. The number of aromatic amines is 2. The highest BCUT2D eigenvalue weighted by Gasteiger charge is 2.38. The molecule has 396 valence electrons. The normalized spacial score (nSPS) is 14.7. The van der Waals surface area contributed by atoms with Crippen LogP contribution in [0.25, 0.3) is 33.8 Å². The third-order valence-corrected chi connectivity index (χ3v) is 15.8. The number of aromatic nitrogens is 8. The third kappa shape index (κ3) is 12.0. The van der Waals surface area contributed by atoms with Gasteiger partial charge in [-0.3, -0.25) is 9.59 Å². The summed E-state index contributed by atoms with van der Waals surface area (Å²) in [5.41, 5.74) is 1.90. The number of nitrogens with zero attached hydrogens (tertiary/aromatic N) is 9. The third-order valence-electron chi connectivity index (χ3n) is 12.1. The summed E-state index contributed by atoms with van der Waals surface area (Å²) in [7, 11) is -7.57. The summed E-state index contributed by atoms with van der Waals surface area (Å²) in [6, 6.07) is 9.09. The Hall–Kier alpha value is -6.36. The Balaban J connectivity index is 0.000000214. The largest absolute Gasteiger partial charge is 0.493 e. The fraction of sp³-hybridized carbons (Fsp3) is 0.522. The number of hydrogen-bond donors (Lipinski definition) is 5. The molecule has 0 amide bonds. The molecular formula is C46H63N13O12S2. The summed E-state index contributed by atoms with van der Waals surface area (Å²) in [6.45, 7) is 14.3. The van der Waals surface area contributed by atoms with Crippen LogP contribution in [0.4, 0.5) is 0 Å². The van der Waals surface area contributed by atoms with Crippen molar-refractivity contribution < 1.29 is 41.3 Å². The van der Waals surface area contributed by atoms with E-state index in [2.05, 4.69) is 45.6 Å². The zero-order valence-corrected chi connectivity index (χ0v) is 43.3. The number of sulfonamides is 2. The Morgan fingerprint density at radius 3 is 1.52 bits per heavy atom. The van der Waals surface area contributed by atoms with Gasteiger partial charge in [0.15, 0.2) is 22.7 Å². The second-order valence-corrected chi connectivity index (χ2v) is 21.3. The molecule has 4 aromatic heterocycles. The molecule has 6 heterocycles. The number of aryl methyl sites for hydroxylation is 4. The number of benzene rings is 2. The molecule has 0 aliphatic carbocycles. The maximum Gasteiger partial charge on any atom is 0.294 e. The van der Waals surface area contributed by atoms with Gasteiger partial charge in [-0.1, -0.05) is 13.8 Å². The molecule has 0 unspecified atom stereocenters. The zero-order valence-electron chi connectivity index (χ0n) is 41.7. The van der Waals surface area contributed by atoms with Gasteiger partial charge in [-0.25, -0.2) is 35.8 Å². The molecule has 0 bridgehead atoms. The van der Waals surface area contributed by atoms with Crippen LogP contribution in [0.5, 0.6) is 11.5 Å². The standard InChI is InChI=1S/C23H31N7O7S.C23H32N6O5S/c1-4-7-20-25-15(3)21-23(31)26-22(27-29(20)21)18-12-17(8-9-19(18)36-5-2)38(34,35)28-13-16(14-28)24-10-6-11-37-30(32)33;1-4-7-20-25-15(3)21-23(31)26-22(27-29(20)21)18-12-17(8-9-19(18)34-5-2)35(32,33)28-13-16(14-28)24-10-6-11-30/h8-9,12,16,24H,4-7,10-11,13-14H2,1-3H3,(H,26,27,31);8-9,12,16,24,30H,4-7,10-11,13-14H2,1-3H3,(H,26,27,31). The number of ether oxygens (including phenoxy) is 2. The van der Waals surface area contributed by atoms with Crippen LogP contribution in [0.2, 0.25) is 0 Å². The Morgan fingerprint density at radius 1 is 0.712 bits per heavy atom. The average molecular weight is 1050 g/mol. The average Bonchev–Trinajstić information content (AvgIpc) is 3.82. The van der Waals surface area contributed by atoms with E-state index >= 15 is 0 Å². The van der Waals surface area contributed by atoms with E-state index in [1.807, 2.05) is 27.7 Å². The lowest BCUT2D eigenvalue weighted by atomic mass is 10.2. The first-order chi connectivity index (χ1) is 34.9. The van der Waals surface area contributed by atoms with Crippen molar-refractivity contribution in [1.82, 2.24) is 58.4 Å². The molecule has 5 N–H and O–H groups in total. The highest BCUT2D eigenvalue weighted by Crippen LogP contribution is 2.34. The summed E-state index contributed by atoms with van der Waals surface area (Å²) in [6.07, 6.45) is 3.99. The zero-order chi connectivity index (χ0) is 52.6. The molecule has 8 rings (SSSR count). The first-order valence-corrected chi connectivity index (χ1v) is 27.2. The van der Waals surface area contributed by atoms with Crippen LogP contribution in [0.3, 0.4) is 0 Å². The van der Waals surface area contributed by atoms with Gasteiger partial charge in [-0.05, 0) is 103 Å². The molecule has 0 radical (unpaired) electrons. The van der Waals surface area contributed by atoms with Crippen molar-refractivity contribution in [3.8, 4) is 34.3 Å². The molecule has 27 heteroatoms. The monoisotopic (exact) mass is 1050 g/mol. The lowest BCUT2D eigenvalue weighted by molar-refractivity contribution is -0.757. The second-order valence-electron chi connectivity index (χ2n) is 17.5. The maximum absolute atomic E-state index is 13.3. The smallest absolute Gasteiger partial charge is 0.294 e. The van der Waals surface area contributed by atoms with Crippen LogP contribution in [0.1, 0.15) is 76.4 Å². The molecule has 2 fully saturated rings. The second kappa shape index (κ2) is 23.7. The summed E-state index contributed by atoms with van der Waals surface area (Å²) in [5.74, 6) is 2.54. The molecule has 2 aliphatic heterocycles. The lowest BCUT2D eigenvalue weighted by Crippen LogP contribution is -2.59. The molecule has 2 aliphatic rings. The molecule has 73 heavy (non-hydrogen) atoms. The number of hydrogen-bond acceptors (Lipinski definition) is 18. The number of H-pyrrole nitrogens is 2. The van der Waals surface area contributed by atoms with Crippen LogP contribution >= 0.6 is 0 Å². The van der Waals surface area contributed by atoms with E-state index in [0.717, 1.165) is 12.8 Å². The fourth-order valence-corrected chi connectivity index (χ4v) is 11.6. The van der Waals surface area contributed by atoms with E-state index < -0.39 is 25.1 Å². The quantitative estimate of drug-likeness (QED) is 0.0330. The van der Waals surface area contributed by atoms with Gasteiger partial charge in [0.25, 0.3) is 16.2 Å². The van der Waals surface area contributed by atoms with Gasteiger partial charge in [-0.2, -0.15) is 8.61 Å². The Labute approximate surface area is 421 Å². The fourth-order valence-electron chi connectivity index (χ4n) is 8.49. The Morgan fingerprint density at radius 2 is 1.14 bits per heavy atom. The topological polar surface area (TPSA) is 316 Å². The van der Waals surface area contributed by atoms with Crippen molar-refractivity contribution in [3.63, 3.8) is 0 Å². The van der Waals surface area contributed by atoms with Crippen molar-refractivity contribution in [2.45, 2.75) is 102 Å². The minimum Gasteiger partial charge on any atom is -0.493 e. The van der Waals surface area contributed by atoms with E-state index in [9.17, 15) is 36.5 Å². The van der Waals surface area contributed by atoms with Crippen LogP contribution in [0.15, 0.2) is 55.8 Å². The van der Waals surface area contributed by atoms with E-state index in [0.29, 0.717) is 122 Å². The predicted octanol–water partition coefficient (Wildman–Crippen LogP) is 2.39. The maximum atomic E-state index is 13.3. The minimum atomic E-state index is -3.82. The molecule has 0 atom stereocenters. The van der Waals surface area contributed by atoms with Crippen molar-refractivity contribution in [2.75, 3.05) is 65.7 Å². The van der Waals surface area contributed by atoms with Gasteiger partial charge >= 0.3 is 0 Å². The van der Waals surface area contributed by atoms with Gasteiger partial charge in [0.2, 0.25) is 20.0 Å². The van der Waals surface area contributed by atoms with Crippen LogP contribution in [0, 0.1) is 24.0 Å². The van der Waals surface area contributed by atoms with E-state index in [1.165, 1.54) is 37.4 Å².